The molecule has 0 fully saturated rings. The van der Waals surface area contributed by atoms with Crippen LogP contribution in [0.25, 0.3) is 0 Å². The standard InChI is InChI=1S/2C18H14F6NO.2C3H7O.2Zn/c2*19-17(20,21)16(26,18(22,23)24)11-15(14-9-5-2-6-10-14)25-12-13-7-3-1-4-8-13;2*1-3(2)4;;/h2*1-10H,11-12H2;2*3H,1-2H3;;/q4*-1;2*+2. The van der Waals surface area contributed by atoms with E-state index in [0.29, 0.717) is 11.1 Å². The summed E-state index contributed by atoms with van der Waals surface area (Å²) in [6.07, 6.45) is -28.5. The largest absolute Gasteiger partial charge is 2.00 e. The summed E-state index contributed by atoms with van der Waals surface area (Å²) in [5.74, 6) is 0. The van der Waals surface area contributed by atoms with E-state index >= 15 is 0 Å². The van der Waals surface area contributed by atoms with Gasteiger partial charge in [-0.2, -0.15) is 52.7 Å². The molecule has 0 saturated carbocycles. The summed E-state index contributed by atoms with van der Waals surface area (Å²) in [6.45, 7) is 6.16. The van der Waals surface area contributed by atoms with Gasteiger partial charge in [-0.05, 0) is 35.1 Å². The smallest absolute Gasteiger partial charge is 0.852 e. The van der Waals surface area contributed by atoms with Crippen molar-refractivity contribution in [1.29, 1.82) is 0 Å². The molecular weight excluding hydrogens is 955 g/mol. The van der Waals surface area contributed by atoms with Gasteiger partial charge in [-0.3, -0.25) is 9.98 Å². The van der Waals surface area contributed by atoms with Crippen LogP contribution in [0.2, 0.25) is 0 Å². The van der Waals surface area contributed by atoms with Crippen LogP contribution in [-0.2, 0) is 52.0 Å². The fraction of sp³-hybridized carbons (Fsp3) is 0.381. The van der Waals surface area contributed by atoms with Gasteiger partial charge >= 0.3 is 63.7 Å². The molecule has 0 saturated heterocycles. The van der Waals surface area contributed by atoms with E-state index in [-0.39, 0.29) is 63.2 Å². The van der Waals surface area contributed by atoms with Crippen molar-refractivity contribution >= 4 is 11.4 Å². The molecule has 0 heterocycles. The molecule has 20 heteroatoms. The number of hydrogen-bond donors (Lipinski definition) is 0. The first-order valence-corrected chi connectivity index (χ1v) is 17.8. The fourth-order valence-electron chi connectivity index (χ4n) is 4.49. The van der Waals surface area contributed by atoms with Gasteiger partial charge < -0.3 is 20.4 Å². The third-order valence-electron chi connectivity index (χ3n) is 7.47. The molecule has 6 nitrogen and oxygen atoms in total. The molecule has 0 N–H and O–H groups in total. The molecule has 0 aliphatic heterocycles. The first-order chi connectivity index (χ1) is 27.6. The molecule has 0 aliphatic carbocycles. The van der Waals surface area contributed by atoms with Crippen LogP contribution in [0.15, 0.2) is 131 Å². The van der Waals surface area contributed by atoms with Gasteiger partial charge in [-0.15, -0.1) is 12.2 Å². The summed E-state index contributed by atoms with van der Waals surface area (Å²) in [7, 11) is 0. The Balaban J connectivity index is 0. The first-order valence-electron chi connectivity index (χ1n) is 17.8. The number of alkyl halides is 12. The van der Waals surface area contributed by atoms with Crippen LogP contribution in [-0.4, -0.2) is 59.5 Å². The summed E-state index contributed by atoms with van der Waals surface area (Å²) < 4.78 is 155. The quantitative estimate of drug-likeness (QED) is 0.0908. The van der Waals surface area contributed by atoms with Crippen LogP contribution in [0.5, 0.6) is 0 Å². The van der Waals surface area contributed by atoms with Crippen molar-refractivity contribution in [3.05, 3.63) is 144 Å². The maximum absolute atomic E-state index is 13.0. The zero-order valence-corrected chi connectivity index (χ0v) is 39.9. The normalized spacial score (nSPS) is 12.7. The van der Waals surface area contributed by atoms with Crippen molar-refractivity contribution in [3.8, 4) is 0 Å². The molecule has 0 aromatic heterocycles. The van der Waals surface area contributed by atoms with E-state index in [1.165, 1.54) is 48.5 Å². The Hall–Kier alpha value is -3.53. The minimum atomic E-state index is -6.01. The second kappa shape index (κ2) is 26.9. The van der Waals surface area contributed by atoms with Crippen LogP contribution in [0.3, 0.4) is 0 Å². The van der Waals surface area contributed by atoms with Gasteiger partial charge in [0.1, 0.15) is 0 Å². The molecular formula is C42H42F12N2O4Zn2. The van der Waals surface area contributed by atoms with E-state index in [1.54, 1.807) is 100 Å². The predicted octanol–water partition coefficient (Wildman–Crippen LogP) is 8.08. The van der Waals surface area contributed by atoms with Crippen molar-refractivity contribution in [3.63, 3.8) is 0 Å². The zero-order chi connectivity index (χ0) is 46.0. The maximum atomic E-state index is 13.0. The summed E-state index contributed by atoms with van der Waals surface area (Å²) >= 11 is 0. The Morgan fingerprint density at radius 1 is 0.419 bits per heavy atom. The summed E-state index contributed by atoms with van der Waals surface area (Å²) in [5, 5.41) is 42.7. The summed E-state index contributed by atoms with van der Waals surface area (Å²) in [6, 6.07) is 30.7. The number of rotatable bonds is 10. The van der Waals surface area contributed by atoms with Crippen molar-refractivity contribution in [1.82, 2.24) is 0 Å². The molecule has 332 valence electrons. The van der Waals surface area contributed by atoms with Crippen molar-refractivity contribution in [2.45, 2.75) is 102 Å². The molecule has 4 aromatic rings. The minimum Gasteiger partial charge on any atom is -0.852 e. The monoisotopic (exact) mass is 994 g/mol. The number of hydrogen-bond acceptors (Lipinski definition) is 6. The van der Waals surface area contributed by atoms with E-state index in [0.717, 1.165) is 0 Å². The minimum absolute atomic E-state index is 0. The number of benzene rings is 4. The topological polar surface area (TPSA) is 117 Å². The van der Waals surface area contributed by atoms with Gasteiger partial charge in [0.25, 0.3) is 0 Å². The predicted molar refractivity (Wildman–Crippen MR) is 195 cm³/mol. The molecule has 0 atom stereocenters. The third kappa shape index (κ3) is 20.3. The van der Waals surface area contributed by atoms with Gasteiger partial charge in [-0.1, -0.05) is 149 Å². The molecule has 0 unspecified atom stereocenters. The Labute approximate surface area is 377 Å². The second-order valence-corrected chi connectivity index (χ2v) is 13.3. The molecule has 4 rings (SSSR count). The van der Waals surface area contributed by atoms with Crippen LogP contribution in [0, 0.1) is 0 Å². The van der Waals surface area contributed by atoms with Crippen molar-refractivity contribution in [2.75, 3.05) is 0 Å². The van der Waals surface area contributed by atoms with Crippen LogP contribution in [0.1, 0.15) is 62.8 Å². The van der Waals surface area contributed by atoms with Gasteiger partial charge in [0, 0.05) is 11.4 Å². The Morgan fingerprint density at radius 3 is 0.806 bits per heavy atom. The van der Waals surface area contributed by atoms with E-state index in [9.17, 15) is 73.1 Å². The van der Waals surface area contributed by atoms with E-state index < -0.39 is 72.4 Å². The van der Waals surface area contributed by atoms with Gasteiger partial charge in [0.15, 0.2) is 0 Å². The maximum Gasteiger partial charge on any atom is 2.00 e. The SMILES string of the molecule is CC(C)[O-].CC(C)[O-].[O-]C(CC(=NCc1ccccc1)c1ccccc1)(C(F)(F)F)C(F)(F)F.[O-]C(CC(=NCc1ccccc1)c1ccccc1)(C(F)(F)F)C(F)(F)F.[Zn+2].[Zn+2]. The molecule has 4 aromatic carbocycles. The average molecular weight is 998 g/mol. The summed E-state index contributed by atoms with van der Waals surface area (Å²) in [4.78, 5) is 7.79. The first kappa shape index (κ1) is 60.6. The summed E-state index contributed by atoms with van der Waals surface area (Å²) in [5.41, 5.74) is -10.1. The van der Waals surface area contributed by atoms with Crippen LogP contribution in [0.4, 0.5) is 52.7 Å². The molecule has 0 aliphatic rings. The average Bonchev–Trinajstić information content (AvgIpc) is 3.14. The molecule has 62 heavy (non-hydrogen) atoms. The van der Waals surface area contributed by atoms with Crippen molar-refractivity contribution < 1.29 is 112 Å². The van der Waals surface area contributed by atoms with Gasteiger partial charge in [-0.25, -0.2) is 0 Å². The number of aliphatic imine (C=N–C) groups is 2. The van der Waals surface area contributed by atoms with E-state index in [4.69, 9.17) is 0 Å². The molecule has 0 amide bonds. The fourth-order valence-corrected chi connectivity index (χ4v) is 4.49. The van der Waals surface area contributed by atoms with Crippen molar-refractivity contribution in [2.24, 2.45) is 9.98 Å². The Bertz CT molecular complexity index is 1690. The molecule has 0 bridgehead atoms. The van der Waals surface area contributed by atoms with E-state index in [2.05, 4.69) is 9.98 Å². The van der Waals surface area contributed by atoms with Gasteiger partial charge in [0.05, 0.1) is 24.3 Å². The van der Waals surface area contributed by atoms with Crippen LogP contribution < -0.4 is 20.4 Å². The number of nitrogens with zero attached hydrogens (tertiary/aromatic N) is 2. The third-order valence-corrected chi connectivity index (χ3v) is 7.47. The van der Waals surface area contributed by atoms with Gasteiger partial charge in [0.2, 0.25) is 0 Å². The number of halogens is 12. The Morgan fingerprint density at radius 2 is 0.613 bits per heavy atom. The zero-order valence-electron chi connectivity index (χ0n) is 34.0. The molecule has 0 radical (unpaired) electrons. The van der Waals surface area contributed by atoms with E-state index in [1.807, 2.05) is 0 Å². The Kier molecular flexibility index (Phi) is 26.3. The van der Waals surface area contributed by atoms with Crippen LogP contribution >= 0.6 is 0 Å². The molecule has 0 spiro atoms. The second-order valence-electron chi connectivity index (χ2n) is 13.3.